The van der Waals surface area contributed by atoms with Gasteiger partial charge in [0.25, 0.3) is 0 Å². The number of anilines is 1. The maximum Gasteiger partial charge on any atom is 0.233 e. The van der Waals surface area contributed by atoms with Crippen LogP contribution in [0.15, 0.2) is 32.3 Å². The minimum absolute atomic E-state index is 0.0810. The predicted octanol–water partition coefficient (Wildman–Crippen LogP) is 4.00. The van der Waals surface area contributed by atoms with Gasteiger partial charge in [-0.2, -0.15) is 8.78 Å². The number of nitrogens with two attached hydrogens (primary N) is 1. The molecule has 7 nitrogen and oxygen atoms in total. The number of aromatic amines is 1. The number of methoxy groups -OCH3 is 1. The molecule has 1 saturated heterocycles. The highest BCUT2D eigenvalue weighted by Gasteiger charge is 2.20. The van der Waals surface area contributed by atoms with E-state index in [0.29, 0.717) is 10.4 Å². The molecular weight excluding hydrogens is 518 g/mol. The fourth-order valence-corrected chi connectivity index (χ4v) is 3.81. The Morgan fingerprint density at radius 3 is 2.55 bits per heavy atom. The third kappa shape index (κ3) is 4.62. The standard InChI is InChI=1S/C12H12BrFN2O2.C6H6BrFN2O/c13-8-5-16-6-9(7-1-3-18-4-2-7)15-12(16)10(14)11(8)17;1-11-5-3(7)2-10-6(9)4(5)8/h5-7,15H,1-4H2;2H,1H3,(H2,9,10). The average Bonchev–Trinajstić information content (AvgIpc) is 3.15. The monoisotopic (exact) mass is 534 g/mol. The molecule has 1 fully saturated rings. The largest absolute Gasteiger partial charge is 0.492 e. The molecule has 4 rings (SSSR count). The van der Waals surface area contributed by atoms with Crippen LogP contribution < -0.4 is 15.9 Å². The summed E-state index contributed by atoms with van der Waals surface area (Å²) < 4.78 is 39.1. The Labute approximate surface area is 181 Å². The summed E-state index contributed by atoms with van der Waals surface area (Å²) in [5.41, 5.74) is 5.74. The smallest absolute Gasteiger partial charge is 0.233 e. The molecule has 3 aromatic heterocycles. The van der Waals surface area contributed by atoms with Crippen LogP contribution in [0, 0.1) is 11.6 Å². The van der Waals surface area contributed by atoms with Gasteiger partial charge in [0.05, 0.1) is 16.1 Å². The first-order valence-corrected chi connectivity index (χ1v) is 10.2. The Morgan fingerprint density at radius 1 is 1.24 bits per heavy atom. The van der Waals surface area contributed by atoms with Crippen LogP contribution in [0.4, 0.5) is 14.6 Å². The molecular formula is C18H18Br2F2N4O3. The molecule has 11 heteroatoms. The van der Waals surface area contributed by atoms with E-state index in [4.69, 9.17) is 15.2 Å². The second-order valence-corrected chi connectivity index (χ2v) is 8.02. The summed E-state index contributed by atoms with van der Waals surface area (Å²) in [6.07, 6.45) is 6.65. The Balaban J connectivity index is 0.000000188. The first-order chi connectivity index (χ1) is 13.8. The van der Waals surface area contributed by atoms with Crippen LogP contribution in [0.1, 0.15) is 24.5 Å². The minimum atomic E-state index is -0.748. The number of fused-ring (bicyclic) bond motifs is 1. The highest BCUT2D eigenvalue weighted by atomic mass is 79.9. The molecule has 0 amide bonds. The topological polar surface area (TPSA) is 94.6 Å². The number of imidazole rings is 1. The number of pyridine rings is 2. The van der Waals surface area contributed by atoms with Crippen molar-refractivity contribution in [3.8, 4) is 5.75 Å². The second-order valence-electron chi connectivity index (χ2n) is 6.31. The average molecular weight is 536 g/mol. The van der Waals surface area contributed by atoms with Crippen molar-refractivity contribution < 1.29 is 18.3 Å². The fourth-order valence-electron chi connectivity index (χ4n) is 2.98. The number of aromatic nitrogens is 3. The van der Waals surface area contributed by atoms with Crippen molar-refractivity contribution in [1.82, 2.24) is 14.4 Å². The molecule has 0 aromatic carbocycles. The van der Waals surface area contributed by atoms with E-state index in [1.54, 1.807) is 10.6 Å². The minimum Gasteiger partial charge on any atom is -0.492 e. The van der Waals surface area contributed by atoms with E-state index in [1.165, 1.54) is 13.3 Å². The molecule has 0 bridgehead atoms. The van der Waals surface area contributed by atoms with Gasteiger partial charge in [-0.05, 0) is 44.7 Å². The van der Waals surface area contributed by atoms with Crippen molar-refractivity contribution in [3.05, 3.63) is 55.1 Å². The van der Waals surface area contributed by atoms with E-state index in [-0.39, 0.29) is 21.7 Å². The molecule has 4 heterocycles. The summed E-state index contributed by atoms with van der Waals surface area (Å²) in [7, 11) is 1.36. The van der Waals surface area contributed by atoms with E-state index < -0.39 is 17.1 Å². The zero-order valence-electron chi connectivity index (χ0n) is 15.3. The number of nitrogens with zero attached hydrogens (tertiary/aromatic N) is 2. The van der Waals surface area contributed by atoms with Crippen molar-refractivity contribution in [2.45, 2.75) is 18.8 Å². The fraction of sp³-hybridized carbons (Fsp3) is 0.333. The van der Waals surface area contributed by atoms with Crippen LogP contribution in [-0.4, -0.2) is 34.7 Å². The zero-order valence-corrected chi connectivity index (χ0v) is 18.5. The Bertz CT molecular complexity index is 1080. The summed E-state index contributed by atoms with van der Waals surface area (Å²) in [6, 6.07) is 0. The first kappa shape index (κ1) is 21.7. The summed E-state index contributed by atoms with van der Waals surface area (Å²) in [5.74, 6) is -1.13. The number of H-pyrrole nitrogens is 1. The molecule has 0 unspecified atom stereocenters. The number of hydrogen-bond acceptors (Lipinski definition) is 5. The normalized spacial score (nSPS) is 14.5. The van der Waals surface area contributed by atoms with Crippen molar-refractivity contribution >= 4 is 43.3 Å². The van der Waals surface area contributed by atoms with Gasteiger partial charge >= 0.3 is 0 Å². The van der Waals surface area contributed by atoms with Crippen LogP contribution in [0.3, 0.4) is 0 Å². The Kier molecular flexibility index (Phi) is 6.91. The van der Waals surface area contributed by atoms with E-state index >= 15 is 0 Å². The van der Waals surface area contributed by atoms with E-state index in [2.05, 4.69) is 41.8 Å². The maximum absolute atomic E-state index is 13.8. The molecule has 29 heavy (non-hydrogen) atoms. The molecule has 0 aliphatic carbocycles. The number of nitrogens with one attached hydrogen (secondary N) is 1. The number of rotatable bonds is 2. The molecule has 0 radical (unpaired) electrons. The lowest BCUT2D eigenvalue weighted by Gasteiger charge is -2.20. The van der Waals surface area contributed by atoms with Gasteiger partial charge < -0.3 is 24.6 Å². The summed E-state index contributed by atoms with van der Waals surface area (Å²) >= 11 is 6.12. The van der Waals surface area contributed by atoms with Gasteiger partial charge in [-0.25, -0.2) is 4.98 Å². The summed E-state index contributed by atoms with van der Waals surface area (Å²) in [5, 5.41) is 0. The van der Waals surface area contributed by atoms with Crippen molar-refractivity contribution in [2.24, 2.45) is 0 Å². The molecule has 1 aliphatic heterocycles. The SMILES string of the molecule is COc1c(Br)cnc(N)c1F.O=c1c(Br)cn2cc(C3CCOCC3)[nH]c2c1F. The van der Waals surface area contributed by atoms with E-state index in [1.807, 2.05) is 6.20 Å². The highest BCUT2D eigenvalue weighted by Crippen LogP contribution is 2.29. The van der Waals surface area contributed by atoms with Gasteiger partial charge in [0.2, 0.25) is 17.1 Å². The molecule has 3 N–H and O–H groups in total. The Hall–Kier alpha value is -1.98. The molecule has 0 saturated carbocycles. The molecule has 156 valence electrons. The Morgan fingerprint density at radius 2 is 1.93 bits per heavy atom. The number of halogens is 4. The van der Waals surface area contributed by atoms with Crippen LogP contribution >= 0.6 is 31.9 Å². The first-order valence-electron chi connectivity index (χ1n) is 8.63. The van der Waals surface area contributed by atoms with Crippen molar-refractivity contribution in [1.29, 1.82) is 0 Å². The van der Waals surface area contributed by atoms with Crippen molar-refractivity contribution in [3.63, 3.8) is 0 Å². The van der Waals surface area contributed by atoms with Crippen LogP contribution in [-0.2, 0) is 4.74 Å². The lowest BCUT2D eigenvalue weighted by molar-refractivity contribution is 0.0846. The van der Waals surface area contributed by atoms with Crippen LogP contribution in [0.25, 0.3) is 5.65 Å². The van der Waals surface area contributed by atoms with Gasteiger partial charge in [-0.15, -0.1) is 0 Å². The molecule has 3 aromatic rings. The number of ether oxygens (including phenoxy) is 2. The van der Waals surface area contributed by atoms with E-state index in [0.717, 1.165) is 31.7 Å². The molecule has 0 atom stereocenters. The van der Waals surface area contributed by atoms with Gasteiger partial charge in [0.15, 0.2) is 17.2 Å². The third-order valence-electron chi connectivity index (χ3n) is 4.50. The van der Waals surface area contributed by atoms with Crippen molar-refractivity contribution in [2.75, 3.05) is 26.1 Å². The van der Waals surface area contributed by atoms with E-state index in [9.17, 15) is 13.6 Å². The predicted molar refractivity (Wildman–Crippen MR) is 111 cm³/mol. The number of hydrogen-bond donors (Lipinski definition) is 2. The quantitative estimate of drug-likeness (QED) is 0.517. The molecule has 1 aliphatic rings. The van der Waals surface area contributed by atoms with Gasteiger partial charge in [0, 0.05) is 43.4 Å². The molecule has 0 spiro atoms. The van der Waals surface area contributed by atoms with Gasteiger partial charge in [-0.3, -0.25) is 4.79 Å². The van der Waals surface area contributed by atoms with Gasteiger partial charge in [-0.1, -0.05) is 0 Å². The van der Waals surface area contributed by atoms with Crippen LogP contribution in [0.2, 0.25) is 0 Å². The summed E-state index contributed by atoms with van der Waals surface area (Å²) in [4.78, 5) is 18.1. The zero-order chi connectivity index (χ0) is 21.1. The lowest BCUT2D eigenvalue weighted by Crippen LogP contribution is -2.14. The highest BCUT2D eigenvalue weighted by molar-refractivity contribution is 9.10. The van der Waals surface area contributed by atoms with Crippen LogP contribution in [0.5, 0.6) is 5.75 Å². The number of nitrogen functional groups attached to an aromatic ring is 1. The summed E-state index contributed by atoms with van der Waals surface area (Å²) in [6.45, 7) is 1.45. The lowest BCUT2D eigenvalue weighted by atomic mass is 9.97. The maximum atomic E-state index is 13.8. The van der Waals surface area contributed by atoms with Gasteiger partial charge in [0.1, 0.15) is 0 Å². The second kappa shape index (κ2) is 9.23. The third-order valence-corrected chi connectivity index (χ3v) is 5.63.